The lowest BCUT2D eigenvalue weighted by Gasteiger charge is -2.25. The number of amides is 1. The van der Waals surface area contributed by atoms with E-state index in [4.69, 9.17) is 21.1 Å². The Morgan fingerprint density at radius 3 is 2.25 bits per heavy atom. The minimum atomic E-state index is -4.84. The van der Waals surface area contributed by atoms with Crippen molar-refractivity contribution in [3.63, 3.8) is 0 Å². The number of halogens is 4. The molecule has 0 heterocycles. The molecule has 0 saturated carbocycles. The quantitative estimate of drug-likeness (QED) is 0.405. The summed E-state index contributed by atoms with van der Waals surface area (Å²) in [5, 5.41) is 1.92. The summed E-state index contributed by atoms with van der Waals surface area (Å²) in [6, 6.07) is 12.9. The smallest absolute Gasteiger partial charge is 0.417 e. The Bertz CT molecular complexity index is 1360. The third-order valence-electron chi connectivity index (χ3n) is 5.12. The molecule has 36 heavy (non-hydrogen) atoms. The molecule has 0 spiro atoms. The predicted molar refractivity (Wildman–Crippen MR) is 130 cm³/mol. The summed E-state index contributed by atoms with van der Waals surface area (Å²) in [6.07, 6.45) is -4.84. The van der Waals surface area contributed by atoms with Crippen LogP contribution in [0.2, 0.25) is 5.02 Å². The van der Waals surface area contributed by atoms with Gasteiger partial charge in [0, 0.05) is 6.07 Å². The summed E-state index contributed by atoms with van der Waals surface area (Å²) in [5.41, 5.74) is -0.670. The average molecular weight is 543 g/mol. The molecular weight excluding hydrogens is 521 g/mol. The predicted octanol–water partition coefficient (Wildman–Crippen LogP) is 5.52. The number of nitrogens with zero attached hydrogens (tertiary/aromatic N) is 1. The van der Waals surface area contributed by atoms with Gasteiger partial charge in [0.2, 0.25) is 5.91 Å². The molecule has 0 aliphatic carbocycles. The topological polar surface area (TPSA) is 84.9 Å². The number of aryl methyl sites for hydroxylation is 1. The summed E-state index contributed by atoms with van der Waals surface area (Å²) in [4.78, 5) is 12.8. The van der Waals surface area contributed by atoms with E-state index in [-0.39, 0.29) is 22.0 Å². The fourth-order valence-corrected chi connectivity index (χ4v) is 4.91. The van der Waals surface area contributed by atoms with E-state index in [1.807, 2.05) is 0 Å². The fraction of sp³-hybridized carbons (Fsp3) is 0.208. The first-order valence-corrected chi connectivity index (χ1v) is 12.2. The molecule has 0 radical (unpaired) electrons. The van der Waals surface area contributed by atoms with Gasteiger partial charge in [-0.25, -0.2) is 8.42 Å². The second kappa shape index (κ2) is 10.7. The van der Waals surface area contributed by atoms with Crippen LogP contribution in [0.1, 0.15) is 11.1 Å². The second-order valence-corrected chi connectivity index (χ2v) is 9.87. The van der Waals surface area contributed by atoms with E-state index in [0.717, 1.165) is 17.7 Å². The molecule has 0 aliphatic rings. The number of ether oxygens (including phenoxy) is 2. The summed E-state index contributed by atoms with van der Waals surface area (Å²) < 4.78 is 78.4. The van der Waals surface area contributed by atoms with Crippen LogP contribution in [-0.2, 0) is 21.0 Å². The van der Waals surface area contributed by atoms with Gasteiger partial charge in [0.1, 0.15) is 18.0 Å². The van der Waals surface area contributed by atoms with Crippen LogP contribution in [0.5, 0.6) is 11.5 Å². The molecule has 192 valence electrons. The van der Waals surface area contributed by atoms with Crippen LogP contribution in [0.15, 0.2) is 65.6 Å². The van der Waals surface area contributed by atoms with Crippen LogP contribution in [0.25, 0.3) is 0 Å². The van der Waals surface area contributed by atoms with Gasteiger partial charge in [-0.1, -0.05) is 29.3 Å². The van der Waals surface area contributed by atoms with Gasteiger partial charge in [-0.2, -0.15) is 13.2 Å². The first-order valence-electron chi connectivity index (χ1n) is 10.3. The second-order valence-electron chi connectivity index (χ2n) is 7.60. The lowest BCUT2D eigenvalue weighted by molar-refractivity contribution is -0.137. The third kappa shape index (κ3) is 6.03. The van der Waals surface area contributed by atoms with Crippen molar-refractivity contribution in [2.45, 2.75) is 18.0 Å². The Labute approximate surface area is 211 Å². The number of benzene rings is 3. The standard InChI is InChI=1S/C24H22ClF3N2O5S/c1-15-4-8-18(9-5-15)36(32,33)30(16-6-10-20(25)19(12-16)24(26,27)28)14-23(31)29-21-13-17(34-2)7-11-22(21)35-3/h4-13H,14H2,1-3H3,(H,29,31). The number of alkyl halides is 3. The van der Waals surface area contributed by atoms with E-state index >= 15 is 0 Å². The lowest BCUT2D eigenvalue weighted by atomic mass is 10.2. The Hall–Kier alpha value is -3.44. The zero-order valence-corrected chi connectivity index (χ0v) is 21.0. The van der Waals surface area contributed by atoms with Crippen molar-refractivity contribution in [3.8, 4) is 11.5 Å². The number of sulfonamides is 1. The van der Waals surface area contributed by atoms with Crippen LogP contribution in [0.3, 0.4) is 0 Å². The maximum atomic E-state index is 13.5. The van der Waals surface area contributed by atoms with E-state index in [2.05, 4.69) is 5.32 Å². The van der Waals surface area contributed by atoms with Gasteiger partial charge in [-0.3, -0.25) is 9.10 Å². The van der Waals surface area contributed by atoms with Crippen LogP contribution in [0, 0.1) is 6.92 Å². The van der Waals surface area contributed by atoms with E-state index in [1.165, 1.54) is 50.6 Å². The van der Waals surface area contributed by atoms with E-state index in [9.17, 15) is 26.4 Å². The van der Waals surface area contributed by atoms with Gasteiger partial charge >= 0.3 is 6.18 Å². The number of anilines is 2. The van der Waals surface area contributed by atoms with Crippen molar-refractivity contribution >= 4 is 38.9 Å². The summed E-state index contributed by atoms with van der Waals surface area (Å²) >= 11 is 5.72. The van der Waals surface area contributed by atoms with Gasteiger partial charge in [-0.15, -0.1) is 0 Å². The van der Waals surface area contributed by atoms with Crippen molar-refractivity contribution in [1.29, 1.82) is 0 Å². The summed E-state index contributed by atoms with van der Waals surface area (Å²) in [6.45, 7) is 0.910. The highest BCUT2D eigenvalue weighted by atomic mass is 35.5. The van der Waals surface area contributed by atoms with Gasteiger partial charge in [0.15, 0.2) is 0 Å². The van der Waals surface area contributed by atoms with Crippen molar-refractivity contribution in [2.75, 3.05) is 30.4 Å². The monoisotopic (exact) mass is 542 g/mol. The van der Waals surface area contributed by atoms with Crippen molar-refractivity contribution < 1.29 is 35.9 Å². The Morgan fingerprint density at radius 2 is 1.67 bits per heavy atom. The molecule has 0 aliphatic heterocycles. The minimum absolute atomic E-state index is 0.182. The molecule has 3 aromatic rings. The van der Waals surface area contributed by atoms with Gasteiger partial charge in [0.25, 0.3) is 10.0 Å². The molecular formula is C24H22ClF3N2O5S. The molecule has 3 rings (SSSR count). The van der Waals surface area contributed by atoms with Crippen LogP contribution in [-0.4, -0.2) is 35.1 Å². The SMILES string of the molecule is COc1ccc(OC)c(NC(=O)CN(c2ccc(Cl)c(C(F)(F)F)c2)S(=O)(=O)c2ccc(C)cc2)c1. The van der Waals surface area contributed by atoms with Crippen LogP contribution in [0.4, 0.5) is 24.5 Å². The largest absolute Gasteiger partial charge is 0.497 e. The maximum Gasteiger partial charge on any atom is 0.417 e. The van der Waals surface area contributed by atoms with Gasteiger partial charge < -0.3 is 14.8 Å². The molecule has 7 nitrogen and oxygen atoms in total. The first-order chi connectivity index (χ1) is 16.9. The van der Waals surface area contributed by atoms with Crippen molar-refractivity contribution in [2.24, 2.45) is 0 Å². The Balaban J connectivity index is 2.06. The molecule has 1 amide bonds. The highest BCUT2D eigenvalue weighted by Gasteiger charge is 2.35. The summed E-state index contributed by atoms with van der Waals surface area (Å²) in [5.74, 6) is -0.175. The van der Waals surface area contributed by atoms with Crippen LogP contribution >= 0.6 is 11.6 Å². The van der Waals surface area contributed by atoms with Crippen molar-refractivity contribution in [3.05, 3.63) is 76.8 Å². The number of carbonyl (C=O) groups excluding carboxylic acids is 1. The molecule has 3 aromatic carbocycles. The highest BCUT2D eigenvalue weighted by molar-refractivity contribution is 7.92. The fourth-order valence-electron chi connectivity index (χ4n) is 3.27. The third-order valence-corrected chi connectivity index (χ3v) is 7.24. The van der Waals surface area contributed by atoms with E-state index < -0.39 is 39.2 Å². The van der Waals surface area contributed by atoms with E-state index in [1.54, 1.807) is 13.0 Å². The number of hydrogen-bond acceptors (Lipinski definition) is 5. The molecule has 0 aromatic heterocycles. The first kappa shape index (κ1) is 27.2. The van der Waals surface area contributed by atoms with Crippen LogP contribution < -0.4 is 19.1 Å². The maximum absolute atomic E-state index is 13.5. The zero-order valence-electron chi connectivity index (χ0n) is 19.4. The number of hydrogen-bond donors (Lipinski definition) is 1. The molecule has 1 N–H and O–H groups in total. The number of rotatable bonds is 8. The number of nitrogens with one attached hydrogen (secondary N) is 1. The van der Waals surface area contributed by atoms with Gasteiger partial charge in [-0.05, 0) is 49.4 Å². The average Bonchev–Trinajstić information content (AvgIpc) is 2.82. The number of methoxy groups -OCH3 is 2. The molecule has 12 heteroatoms. The zero-order chi connectivity index (χ0) is 26.7. The molecule has 0 atom stereocenters. The molecule has 0 unspecified atom stereocenters. The lowest BCUT2D eigenvalue weighted by Crippen LogP contribution is -2.38. The van der Waals surface area contributed by atoms with Crippen molar-refractivity contribution in [1.82, 2.24) is 0 Å². The highest BCUT2D eigenvalue weighted by Crippen LogP contribution is 2.38. The van der Waals surface area contributed by atoms with Gasteiger partial charge in [0.05, 0.1) is 41.1 Å². The Kier molecular flexibility index (Phi) is 8.05. The minimum Gasteiger partial charge on any atom is -0.497 e. The summed E-state index contributed by atoms with van der Waals surface area (Å²) in [7, 11) is -1.66. The molecule has 0 fully saturated rings. The number of carbonyl (C=O) groups is 1. The molecule has 0 bridgehead atoms. The Morgan fingerprint density at radius 1 is 1.00 bits per heavy atom. The van der Waals surface area contributed by atoms with E-state index in [0.29, 0.717) is 16.1 Å². The molecule has 0 saturated heterocycles. The normalized spacial score (nSPS) is 11.6.